The lowest BCUT2D eigenvalue weighted by atomic mass is 10.1. The van der Waals surface area contributed by atoms with Gasteiger partial charge in [-0.2, -0.15) is 4.31 Å². The smallest absolute Gasteiger partial charge is 0.244 e. The molecule has 1 aromatic carbocycles. The number of hydrogen-bond acceptors (Lipinski definition) is 3. The third-order valence-electron chi connectivity index (χ3n) is 3.26. The fraction of sp³-hybridized carbons (Fsp3) is 0.538. The fourth-order valence-corrected chi connectivity index (χ4v) is 5.53. The summed E-state index contributed by atoms with van der Waals surface area (Å²) in [6.45, 7) is 3.52. The van der Waals surface area contributed by atoms with E-state index in [0.29, 0.717) is 29.1 Å². The van der Waals surface area contributed by atoms with Gasteiger partial charge in [0.15, 0.2) is 0 Å². The summed E-state index contributed by atoms with van der Waals surface area (Å²) in [5, 5.41) is 0. The van der Waals surface area contributed by atoms with Crippen LogP contribution in [0.4, 0.5) is 0 Å². The molecule has 1 atom stereocenters. The lowest BCUT2D eigenvalue weighted by molar-refractivity contribution is 0.0265. The van der Waals surface area contributed by atoms with Gasteiger partial charge in [0.25, 0.3) is 0 Å². The molecule has 0 aliphatic carbocycles. The maximum absolute atomic E-state index is 12.7. The maximum atomic E-state index is 12.7. The molecule has 1 unspecified atom stereocenters. The number of halogens is 2. The Bertz CT molecular complexity index is 575. The Morgan fingerprint density at radius 1 is 1.40 bits per heavy atom. The standard InChI is InChI=1S/C13H17Br2NO3S/c1-2-19-11-4-3-7-16(9-11)20(17,18)13-6-5-10(14)8-12(13)15/h5-6,8,11H,2-4,7,9H2,1H3. The Morgan fingerprint density at radius 2 is 2.15 bits per heavy atom. The Kier molecular flexibility index (Phi) is 5.64. The Labute approximate surface area is 136 Å². The van der Waals surface area contributed by atoms with Gasteiger partial charge in [0.2, 0.25) is 10.0 Å². The van der Waals surface area contributed by atoms with Crippen molar-refractivity contribution in [2.24, 2.45) is 0 Å². The van der Waals surface area contributed by atoms with E-state index in [1.807, 2.05) is 6.92 Å². The van der Waals surface area contributed by atoms with Gasteiger partial charge >= 0.3 is 0 Å². The molecule has 20 heavy (non-hydrogen) atoms. The van der Waals surface area contributed by atoms with Crippen LogP contribution in [-0.4, -0.2) is 38.5 Å². The molecule has 0 spiro atoms. The average Bonchev–Trinajstić information content (AvgIpc) is 2.39. The summed E-state index contributed by atoms with van der Waals surface area (Å²) in [5.41, 5.74) is 0. The van der Waals surface area contributed by atoms with Crippen LogP contribution in [0.5, 0.6) is 0 Å². The molecule has 0 saturated carbocycles. The molecule has 1 heterocycles. The highest BCUT2D eigenvalue weighted by Crippen LogP contribution is 2.29. The van der Waals surface area contributed by atoms with Crippen LogP contribution in [0, 0.1) is 0 Å². The largest absolute Gasteiger partial charge is 0.377 e. The topological polar surface area (TPSA) is 46.6 Å². The van der Waals surface area contributed by atoms with Crippen LogP contribution in [0.3, 0.4) is 0 Å². The molecule has 0 N–H and O–H groups in total. The van der Waals surface area contributed by atoms with Crippen molar-refractivity contribution >= 4 is 41.9 Å². The van der Waals surface area contributed by atoms with E-state index >= 15 is 0 Å². The molecular weight excluding hydrogens is 410 g/mol. The second-order valence-corrected chi connectivity index (χ2v) is 8.33. The van der Waals surface area contributed by atoms with E-state index in [0.717, 1.165) is 17.3 Å². The van der Waals surface area contributed by atoms with Crippen LogP contribution in [0.15, 0.2) is 32.0 Å². The molecule has 112 valence electrons. The predicted octanol–water partition coefficient (Wildman–Crippen LogP) is 3.40. The van der Waals surface area contributed by atoms with Gasteiger partial charge in [-0.25, -0.2) is 8.42 Å². The highest BCUT2D eigenvalue weighted by Gasteiger charge is 2.31. The second-order valence-electron chi connectivity index (χ2n) is 4.66. The monoisotopic (exact) mass is 425 g/mol. The van der Waals surface area contributed by atoms with E-state index in [-0.39, 0.29) is 6.10 Å². The predicted molar refractivity (Wildman–Crippen MR) is 85.2 cm³/mol. The third-order valence-corrected chi connectivity index (χ3v) is 6.59. The Balaban J connectivity index is 2.25. The average molecular weight is 427 g/mol. The van der Waals surface area contributed by atoms with Crippen LogP contribution >= 0.6 is 31.9 Å². The molecule has 0 bridgehead atoms. The summed E-state index contributed by atoms with van der Waals surface area (Å²) in [6, 6.07) is 5.10. The highest BCUT2D eigenvalue weighted by atomic mass is 79.9. The van der Waals surface area contributed by atoms with Crippen molar-refractivity contribution in [3.8, 4) is 0 Å². The summed E-state index contributed by atoms with van der Waals surface area (Å²) in [4.78, 5) is 0.304. The van der Waals surface area contributed by atoms with E-state index in [9.17, 15) is 8.42 Å². The van der Waals surface area contributed by atoms with Gasteiger partial charge in [0.1, 0.15) is 0 Å². The first-order valence-electron chi connectivity index (χ1n) is 6.52. The van der Waals surface area contributed by atoms with Crippen LogP contribution in [0.2, 0.25) is 0 Å². The molecule has 1 aromatic rings. The zero-order chi connectivity index (χ0) is 14.8. The SMILES string of the molecule is CCOC1CCCN(S(=O)(=O)c2ccc(Br)cc2Br)C1. The second kappa shape index (κ2) is 6.87. The van der Waals surface area contributed by atoms with E-state index in [2.05, 4.69) is 31.9 Å². The molecule has 7 heteroatoms. The maximum Gasteiger partial charge on any atom is 0.244 e. The molecular formula is C13H17Br2NO3S. The van der Waals surface area contributed by atoms with Crippen LogP contribution in [-0.2, 0) is 14.8 Å². The van der Waals surface area contributed by atoms with Gasteiger partial charge in [-0.3, -0.25) is 0 Å². The van der Waals surface area contributed by atoms with E-state index in [1.54, 1.807) is 18.2 Å². The summed E-state index contributed by atoms with van der Waals surface area (Å²) < 4.78 is 33.9. The first-order chi connectivity index (χ1) is 9.45. The minimum Gasteiger partial charge on any atom is -0.377 e. The van der Waals surface area contributed by atoms with Crippen molar-refractivity contribution in [3.63, 3.8) is 0 Å². The normalized spacial score (nSPS) is 21.1. The fourth-order valence-electron chi connectivity index (χ4n) is 2.32. The minimum absolute atomic E-state index is 0.00208. The molecule has 1 aliphatic heterocycles. The quantitative estimate of drug-likeness (QED) is 0.741. The van der Waals surface area contributed by atoms with Gasteiger partial charge in [-0.15, -0.1) is 0 Å². The van der Waals surface area contributed by atoms with Gasteiger partial charge in [-0.05, 0) is 53.9 Å². The van der Waals surface area contributed by atoms with Crippen LogP contribution in [0.1, 0.15) is 19.8 Å². The summed E-state index contributed by atoms with van der Waals surface area (Å²) in [6.07, 6.45) is 1.75. The number of hydrogen-bond donors (Lipinski definition) is 0. The van der Waals surface area contributed by atoms with Crippen LogP contribution in [0.25, 0.3) is 0 Å². The van der Waals surface area contributed by atoms with Gasteiger partial charge in [0.05, 0.1) is 11.0 Å². The van der Waals surface area contributed by atoms with Crippen molar-refractivity contribution in [1.29, 1.82) is 0 Å². The van der Waals surface area contributed by atoms with Crippen molar-refractivity contribution in [3.05, 3.63) is 27.1 Å². The molecule has 1 saturated heterocycles. The molecule has 4 nitrogen and oxygen atoms in total. The van der Waals surface area contributed by atoms with E-state index in [1.165, 1.54) is 4.31 Å². The van der Waals surface area contributed by atoms with Gasteiger partial charge in [0, 0.05) is 28.6 Å². The minimum atomic E-state index is -3.48. The summed E-state index contributed by atoms with van der Waals surface area (Å²) >= 11 is 6.66. The number of ether oxygens (including phenoxy) is 1. The molecule has 1 fully saturated rings. The van der Waals surface area contributed by atoms with Crippen molar-refractivity contribution in [2.45, 2.75) is 30.8 Å². The first kappa shape index (κ1) is 16.4. The van der Waals surface area contributed by atoms with E-state index in [4.69, 9.17) is 4.74 Å². The molecule has 0 amide bonds. The zero-order valence-electron chi connectivity index (χ0n) is 11.2. The molecule has 0 radical (unpaired) electrons. The Morgan fingerprint density at radius 3 is 2.80 bits per heavy atom. The lowest BCUT2D eigenvalue weighted by Gasteiger charge is -2.31. The third kappa shape index (κ3) is 3.62. The van der Waals surface area contributed by atoms with Gasteiger partial charge < -0.3 is 4.74 Å². The number of sulfonamides is 1. The van der Waals surface area contributed by atoms with Crippen molar-refractivity contribution in [1.82, 2.24) is 4.31 Å². The van der Waals surface area contributed by atoms with Crippen LogP contribution < -0.4 is 0 Å². The Hall–Kier alpha value is 0.0500. The number of piperidine rings is 1. The highest BCUT2D eigenvalue weighted by molar-refractivity contribution is 9.11. The summed E-state index contributed by atoms with van der Waals surface area (Å²) in [5.74, 6) is 0. The van der Waals surface area contributed by atoms with E-state index < -0.39 is 10.0 Å². The number of nitrogens with zero attached hydrogens (tertiary/aromatic N) is 1. The zero-order valence-corrected chi connectivity index (χ0v) is 15.2. The summed E-state index contributed by atoms with van der Waals surface area (Å²) in [7, 11) is -3.48. The van der Waals surface area contributed by atoms with Crippen molar-refractivity contribution in [2.75, 3.05) is 19.7 Å². The van der Waals surface area contributed by atoms with Gasteiger partial charge in [-0.1, -0.05) is 15.9 Å². The van der Waals surface area contributed by atoms with Crippen molar-refractivity contribution < 1.29 is 13.2 Å². The lowest BCUT2D eigenvalue weighted by Crippen LogP contribution is -2.43. The first-order valence-corrected chi connectivity index (χ1v) is 9.54. The molecule has 2 rings (SSSR count). The number of benzene rings is 1. The number of rotatable bonds is 4. The molecule has 1 aliphatic rings. The molecule has 0 aromatic heterocycles.